The molecule has 1 aliphatic heterocycles. The third-order valence-corrected chi connectivity index (χ3v) is 4.54. The van der Waals surface area contributed by atoms with Crippen molar-refractivity contribution in [3.05, 3.63) is 23.4 Å². The minimum Gasteiger partial charge on any atom is -0.504 e. The van der Waals surface area contributed by atoms with Crippen molar-refractivity contribution >= 4 is 16.6 Å². The molecule has 5 nitrogen and oxygen atoms in total. The van der Waals surface area contributed by atoms with Crippen molar-refractivity contribution < 1.29 is 10.2 Å². The Hall–Kier alpha value is -2.01. The molecule has 0 spiro atoms. The van der Waals surface area contributed by atoms with Gasteiger partial charge in [0, 0.05) is 48.4 Å². The molecule has 1 aliphatic carbocycles. The average Bonchev–Trinajstić information content (AvgIpc) is 2.86. The lowest BCUT2D eigenvalue weighted by Gasteiger charge is -2.28. The first kappa shape index (κ1) is 12.7. The predicted octanol–water partition coefficient (Wildman–Crippen LogP) is 1.77. The summed E-state index contributed by atoms with van der Waals surface area (Å²) in [4.78, 5) is 4.66. The molecular weight excluding hydrogens is 266 g/mol. The smallest absolute Gasteiger partial charge is 0.159 e. The maximum atomic E-state index is 9.81. The summed E-state index contributed by atoms with van der Waals surface area (Å²) in [6, 6.07) is 3.18. The number of pyridine rings is 1. The van der Waals surface area contributed by atoms with Gasteiger partial charge in [0.25, 0.3) is 0 Å². The van der Waals surface area contributed by atoms with Gasteiger partial charge in [-0.15, -0.1) is 0 Å². The summed E-state index contributed by atoms with van der Waals surface area (Å²) in [7, 11) is 0. The van der Waals surface area contributed by atoms with Gasteiger partial charge < -0.3 is 20.8 Å². The monoisotopic (exact) mass is 285 g/mol. The van der Waals surface area contributed by atoms with Crippen LogP contribution < -0.4 is 10.6 Å². The Bertz CT molecular complexity index is 710. The first-order chi connectivity index (χ1) is 10.2. The minimum absolute atomic E-state index is 0.0874. The second-order valence-corrected chi connectivity index (χ2v) is 6.03. The summed E-state index contributed by atoms with van der Waals surface area (Å²) in [5, 5.41) is 27.3. The quantitative estimate of drug-likeness (QED) is 0.647. The molecule has 0 bridgehead atoms. The molecule has 0 unspecified atom stereocenters. The first-order valence-corrected chi connectivity index (χ1v) is 7.54. The first-order valence-electron chi connectivity index (χ1n) is 7.54. The summed E-state index contributed by atoms with van der Waals surface area (Å²) >= 11 is 0. The number of rotatable bonds is 3. The fourth-order valence-electron chi connectivity index (χ4n) is 3.23. The van der Waals surface area contributed by atoms with Gasteiger partial charge in [-0.3, -0.25) is 4.98 Å². The molecule has 1 aromatic carbocycles. The second-order valence-electron chi connectivity index (χ2n) is 6.03. The molecule has 4 rings (SSSR count). The number of hydrogen-bond donors (Lipinski definition) is 4. The molecule has 110 valence electrons. The highest BCUT2D eigenvalue weighted by Crippen LogP contribution is 2.38. The molecule has 0 atom stereocenters. The molecule has 1 saturated heterocycles. The van der Waals surface area contributed by atoms with Gasteiger partial charge in [-0.1, -0.05) is 0 Å². The Morgan fingerprint density at radius 2 is 2.00 bits per heavy atom. The van der Waals surface area contributed by atoms with Gasteiger partial charge in [0.15, 0.2) is 11.5 Å². The number of nitrogens with zero attached hydrogens (tertiary/aromatic N) is 1. The van der Waals surface area contributed by atoms with Gasteiger partial charge in [0.05, 0.1) is 5.52 Å². The Kier molecular flexibility index (Phi) is 2.89. The lowest BCUT2D eigenvalue weighted by Crippen LogP contribution is -2.45. The minimum atomic E-state index is -0.109. The number of phenols is 2. The molecule has 1 aromatic heterocycles. The molecular formula is C16H19N3O2. The summed E-state index contributed by atoms with van der Waals surface area (Å²) in [5.41, 5.74) is 4.25. The Labute approximate surface area is 123 Å². The number of nitrogens with one attached hydrogen (secondary N) is 2. The lowest BCUT2D eigenvalue weighted by atomic mass is 10.0. The van der Waals surface area contributed by atoms with Crippen LogP contribution in [0.3, 0.4) is 0 Å². The van der Waals surface area contributed by atoms with E-state index < -0.39 is 0 Å². The molecule has 21 heavy (non-hydrogen) atoms. The maximum Gasteiger partial charge on any atom is 0.159 e. The van der Waals surface area contributed by atoms with E-state index >= 15 is 0 Å². The van der Waals surface area contributed by atoms with Crippen molar-refractivity contribution in [3.8, 4) is 11.5 Å². The summed E-state index contributed by atoms with van der Waals surface area (Å²) in [6.07, 6.45) is 3.15. The number of fused-ring (bicyclic) bond motifs is 2. The van der Waals surface area contributed by atoms with Crippen LogP contribution in [-0.4, -0.2) is 34.8 Å². The fraction of sp³-hybridized carbons (Fsp3) is 0.438. The second kappa shape index (κ2) is 4.77. The van der Waals surface area contributed by atoms with E-state index in [0.29, 0.717) is 5.92 Å². The number of anilines is 1. The van der Waals surface area contributed by atoms with Gasteiger partial charge in [0.2, 0.25) is 0 Å². The van der Waals surface area contributed by atoms with E-state index in [9.17, 15) is 10.2 Å². The molecule has 5 heteroatoms. The van der Waals surface area contributed by atoms with E-state index in [1.807, 2.05) is 0 Å². The van der Waals surface area contributed by atoms with Crippen LogP contribution in [0.2, 0.25) is 0 Å². The Balaban J connectivity index is 1.82. The van der Waals surface area contributed by atoms with Crippen molar-refractivity contribution in [2.24, 2.45) is 5.92 Å². The highest BCUT2D eigenvalue weighted by molar-refractivity contribution is 5.95. The van der Waals surface area contributed by atoms with E-state index in [1.165, 1.54) is 5.56 Å². The molecule has 0 saturated carbocycles. The summed E-state index contributed by atoms with van der Waals surface area (Å²) < 4.78 is 0. The topological polar surface area (TPSA) is 77.4 Å². The molecule has 2 aromatic rings. The number of hydrogen-bond acceptors (Lipinski definition) is 5. The molecule has 2 aliphatic rings. The van der Waals surface area contributed by atoms with Crippen molar-refractivity contribution in [1.29, 1.82) is 0 Å². The highest BCUT2D eigenvalue weighted by Gasteiger charge is 2.22. The highest BCUT2D eigenvalue weighted by atomic mass is 16.3. The molecule has 1 fully saturated rings. The van der Waals surface area contributed by atoms with Crippen LogP contribution in [0, 0.1) is 5.92 Å². The van der Waals surface area contributed by atoms with Crippen LogP contribution in [0.1, 0.15) is 17.7 Å². The Morgan fingerprint density at radius 3 is 2.76 bits per heavy atom. The van der Waals surface area contributed by atoms with Crippen LogP contribution >= 0.6 is 0 Å². The fourth-order valence-corrected chi connectivity index (χ4v) is 3.23. The molecule has 0 radical (unpaired) electrons. The standard InChI is InChI=1S/C16H19N3O2/c20-14-4-11-13(5-15(14)21)19-12-3-1-2-10(12)16(11)18-8-9-6-17-7-9/h4-5,9,17,20-21H,1-3,6-8H2,(H,18,19). The predicted molar refractivity (Wildman–Crippen MR) is 81.9 cm³/mol. The van der Waals surface area contributed by atoms with E-state index in [4.69, 9.17) is 0 Å². The van der Waals surface area contributed by atoms with Crippen LogP contribution in [0.4, 0.5) is 5.69 Å². The van der Waals surface area contributed by atoms with Crippen molar-refractivity contribution in [2.75, 3.05) is 25.0 Å². The van der Waals surface area contributed by atoms with Crippen LogP contribution in [0.5, 0.6) is 11.5 Å². The SMILES string of the molecule is Oc1cc2nc3c(c(NCC4CNC4)c2cc1O)CCC3. The van der Waals surface area contributed by atoms with Crippen LogP contribution in [0.15, 0.2) is 12.1 Å². The zero-order valence-corrected chi connectivity index (χ0v) is 11.8. The van der Waals surface area contributed by atoms with Gasteiger partial charge in [-0.05, 0) is 30.9 Å². The zero-order valence-electron chi connectivity index (χ0n) is 11.8. The summed E-state index contributed by atoms with van der Waals surface area (Å²) in [6.45, 7) is 3.05. The number of aromatic nitrogens is 1. The van der Waals surface area contributed by atoms with Gasteiger partial charge in [-0.2, -0.15) is 0 Å². The normalized spacial score (nSPS) is 17.7. The maximum absolute atomic E-state index is 9.81. The third-order valence-electron chi connectivity index (χ3n) is 4.54. The van der Waals surface area contributed by atoms with Gasteiger partial charge >= 0.3 is 0 Å². The molecule has 0 amide bonds. The van der Waals surface area contributed by atoms with E-state index in [2.05, 4.69) is 15.6 Å². The zero-order chi connectivity index (χ0) is 14.4. The van der Waals surface area contributed by atoms with Crippen LogP contribution in [-0.2, 0) is 12.8 Å². The van der Waals surface area contributed by atoms with E-state index in [1.54, 1.807) is 12.1 Å². The van der Waals surface area contributed by atoms with Crippen molar-refractivity contribution in [1.82, 2.24) is 10.3 Å². The number of phenolic OH excluding ortho intramolecular Hbond substituents is 2. The van der Waals surface area contributed by atoms with Crippen molar-refractivity contribution in [2.45, 2.75) is 19.3 Å². The number of aryl methyl sites for hydroxylation is 1. The number of aromatic hydroxyl groups is 2. The van der Waals surface area contributed by atoms with Crippen molar-refractivity contribution in [3.63, 3.8) is 0 Å². The van der Waals surface area contributed by atoms with Gasteiger partial charge in [0.1, 0.15) is 0 Å². The third kappa shape index (κ3) is 2.08. The molecule has 4 N–H and O–H groups in total. The summed E-state index contributed by atoms with van der Waals surface area (Å²) in [5.74, 6) is 0.466. The number of benzene rings is 1. The lowest BCUT2D eigenvalue weighted by molar-refractivity contribution is 0.365. The van der Waals surface area contributed by atoms with E-state index in [0.717, 1.165) is 61.2 Å². The Morgan fingerprint density at radius 1 is 1.19 bits per heavy atom. The van der Waals surface area contributed by atoms with Gasteiger partial charge in [-0.25, -0.2) is 0 Å². The molecule has 2 heterocycles. The van der Waals surface area contributed by atoms with E-state index in [-0.39, 0.29) is 11.5 Å². The largest absolute Gasteiger partial charge is 0.504 e. The van der Waals surface area contributed by atoms with Crippen LogP contribution in [0.25, 0.3) is 10.9 Å². The average molecular weight is 285 g/mol.